The second kappa shape index (κ2) is 14.8. The highest BCUT2D eigenvalue weighted by Gasteiger charge is 2.19. The number of aryl methyl sites for hydroxylation is 1. The molecule has 224 valence electrons. The fourth-order valence-electron chi connectivity index (χ4n) is 4.59. The van der Waals surface area contributed by atoms with Gasteiger partial charge in [-0.05, 0) is 54.3 Å². The molecule has 0 saturated heterocycles. The predicted octanol–water partition coefficient (Wildman–Crippen LogP) is 4.99. The average molecular weight is 603 g/mol. The van der Waals surface area contributed by atoms with E-state index in [4.69, 9.17) is 20.8 Å². The van der Waals surface area contributed by atoms with Crippen molar-refractivity contribution in [1.82, 2.24) is 0 Å². The monoisotopic (exact) mass is 602 g/mol. The molecular weight excluding hydrogens is 568 g/mol. The first-order valence-electron chi connectivity index (χ1n) is 13.2. The van der Waals surface area contributed by atoms with Crippen molar-refractivity contribution < 1.29 is 28.0 Å². The van der Waals surface area contributed by atoms with E-state index in [1.807, 2.05) is 56.3 Å². The quantitative estimate of drug-likeness (QED) is 0.0521. The molecule has 0 spiro atoms. The Labute approximate surface area is 251 Å². The van der Waals surface area contributed by atoms with Gasteiger partial charge < -0.3 is 21.0 Å². The van der Waals surface area contributed by atoms with Crippen LogP contribution in [0.3, 0.4) is 0 Å². The first-order chi connectivity index (χ1) is 20.5. The van der Waals surface area contributed by atoms with Gasteiger partial charge in [0.05, 0.1) is 17.6 Å². The van der Waals surface area contributed by atoms with E-state index < -0.39 is 16.0 Å². The SMILES string of the molecule is CCC(c1cccc(/C(N)=N/O)c1)c1ccc(C(=O)OC)cc1NC=O.Cc1ccc(-c2ccccc2S(N)(=O)=O)cc1. The van der Waals surface area contributed by atoms with Crippen molar-refractivity contribution >= 4 is 33.9 Å². The standard InChI is InChI=1S/C19H21N3O4.C13H13NO2S/c1-3-15(12-5-4-6-13(9-12)18(20)22-25)16-8-7-14(19(24)26-2)10-17(16)21-11-23;1-10-6-8-11(9-7-10)12-4-2-3-5-13(12)17(14,15)16/h4-11,15,25H,3H2,1-2H3,(H2,20,22)(H,21,23);2-9H,1H3,(H2,14,15,16). The van der Waals surface area contributed by atoms with E-state index in [9.17, 15) is 18.0 Å². The minimum Gasteiger partial charge on any atom is -0.465 e. The van der Waals surface area contributed by atoms with Gasteiger partial charge in [-0.2, -0.15) is 0 Å². The normalized spacial score (nSPS) is 12.0. The second-order valence-electron chi connectivity index (χ2n) is 9.53. The van der Waals surface area contributed by atoms with Crippen molar-refractivity contribution in [2.24, 2.45) is 16.0 Å². The van der Waals surface area contributed by atoms with E-state index in [2.05, 4.69) is 10.5 Å². The number of ether oxygens (including phenoxy) is 1. The summed E-state index contributed by atoms with van der Waals surface area (Å²) in [5.74, 6) is -0.517. The van der Waals surface area contributed by atoms with Gasteiger partial charge >= 0.3 is 5.97 Å². The Morgan fingerprint density at radius 1 is 1.00 bits per heavy atom. The number of methoxy groups -OCH3 is 1. The number of carbonyl (C=O) groups is 2. The highest BCUT2D eigenvalue weighted by Crippen LogP contribution is 2.34. The summed E-state index contributed by atoms with van der Waals surface area (Å²) in [5.41, 5.74) is 11.6. The summed E-state index contributed by atoms with van der Waals surface area (Å²) in [5, 5.41) is 19.8. The van der Waals surface area contributed by atoms with Crippen LogP contribution in [0, 0.1) is 6.92 Å². The van der Waals surface area contributed by atoms with Crippen molar-refractivity contribution in [2.45, 2.75) is 31.1 Å². The molecule has 0 bridgehead atoms. The lowest BCUT2D eigenvalue weighted by molar-refractivity contribution is -0.105. The Kier molecular flexibility index (Phi) is 11.2. The van der Waals surface area contributed by atoms with Gasteiger partial charge in [0.2, 0.25) is 16.4 Å². The highest BCUT2D eigenvalue weighted by atomic mass is 32.2. The number of anilines is 1. The summed E-state index contributed by atoms with van der Waals surface area (Å²) < 4.78 is 27.7. The number of benzene rings is 4. The molecule has 4 aromatic rings. The number of amidine groups is 1. The summed E-state index contributed by atoms with van der Waals surface area (Å²) in [6.45, 7) is 4.00. The molecule has 6 N–H and O–H groups in total. The molecule has 0 aromatic heterocycles. The fourth-order valence-corrected chi connectivity index (χ4v) is 5.35. The van der Waals surface area contributed by atoms with Crippen LogP contribution in [-0.2, 0) is 19.6 Å². The van der Waals surface area contributed by atoms with Gasteiger partial charge in [0, 0.05) is 22.7 Å². The Bertz CT molecular complexity index is 1720. The van der Waals surface area contributed by atoms with Crippen molar-refractivity contribution in [3.8, 4) is 11.1 Å². The molecule has 0 radical (unpaired) electrons. The van der Waals surface area contributed by atoms with Gasteiger partial charge in [-0.3, -0.25) is 4.79 Å². The predicted molar refractivity (Wildman–Crippen MR) is 167 cm³/mol. The highest BCUT2D eigenvalue weighted by molar-refractivity contribution is 7.89. The molecule has 43 heavy (non-hydrogen) atoms. The molecule has 0 fully saturated rings. The number of sulfonamides is 1. The van der Waals surface area contributed by atoms with Crippen LogP contribution in [0.15, 0.2) is 101 Å². The molecule has 1 atom stereocenters. The number of amides is 1. The van der Waals surface area contributed by atoms with Crippen LogP contribution in [0.1, 0.15) is 51.9 Å². The first kappa shape index (κ1) is 32.5. The lowest BCUT2D eigenvalue weighted by Gasteiger charge is -2.20. The van der Waals surface area contributed by atoms with Crippen molar-refractivity contribution in [2.75, 3.05) is 12.4 Å². The summed E-state index contributed by atoms with van der Waals surface area (Å²) >= 11 is 0. The van der Waals surface area contributed by atoms with Crippen LogP contribution < -0.4 is 16.2 Å². The molecule has 0 aliphatic rings. The smallest absolute Gasteiger partial charge is 0.337 e. The minimum absolute atomic E-state index is 0.0222. The zero-order valence-corrected chi connectivity index (χ0v) is 24.8. The maximum absolute atomic E-state index is 11.8. The molecular formula is C32H34N4O6S. The van der Waals surface area contributed by atoms with Crippen LogP contribution in [0.25, 0.3) is 11.1 Å². The molecule has 4 rings (SSSR count). The lowest BCUT2D eigenvalue weighted by atomic mass is 9.86. The van der Waals surface area contributed by atoms with Crippen LogP contribution >= 0.6 is 0 Å². The Hall–Kier alpha value is -5.00. The number of primary sulfonamides is 1. The van der Waals surface area contributed by atoms with Gasteiger partial charge in [0.25, 0.3) is 0 Å². The third-order valence-electron chi connectivity index (χ3n) is 6.72. The van der Waals surface area contributed by atoms with Gasteiger partial charge in [-0.15, -0.1) is 0 Å². The Balaban J connectivity index is 0.000000257. The Morgan fingerprint density at radius 3 is 2.30 bits per heavy atom. The number of nitrogens with zero attached hydrogens (tertiary/aromatic N) is 1. The molecule has 11 heteroatoms. The zero-order chi connectivity index (χ0) is 31.6. The van der Waals surface area contributed by atoms with E-state index in [1.54, 1.807) is 42.5 Å². The minimum atomic E-state index is -3.69. The maximum Gasteiger partial charge on any atom is 0.337 e. The van der Waals surface area contributed by atoms with Crippen LogP contribution in [-0.4, -0.2) is 38.9 Å². The van der Waals surface area contributed by atoms with Gasteiger partial charge in [0.15, 0.2) is 5.84 Å². The first-order valence-corrected chi connectivity index (χ1v) is 14.8. The molecule has 0 saturated carbocycles. The van der Waals surface area contributed by atoms with Crippen LogP contribution in [0.4, 0.5) is 5.69 Å². The number of hydrogen-bond donors (Lipinski definition) is 4. The largest absolute Gasteiger partial charge is 0.465 e. The maximum atomic E-state index is 11.8. The molecule has 0 aliphatic carbocycles. The molecule has 10 nitrogen and oxygen atoms in total. The van der Waals surface area contributed by atoms with Gasteiger partial charge in [-0.1, -0.05) is 84.4 Å². The number of hydrogen-bond acceptors (Lipinski definition) is 7. The molecule has 0 heterocycles. The third kappa shape index (κ3) is 8.28. The van der Waals surface area contributed by atoms with E-state index in [-0.39, 0.29) is 16.6 Å². The summed E-state index contributed by atoms with van der Waals surface area (Å²) in [6.07, 6.45) is 1.31. The van der Waals surface area contributed by atoms with E-state index >= 15 is 0 Å². The van der Waals surface area contributed by atoms with E-state index in [1.165, 1.54) is 13.2 Å². The molecule has 1 amide bonds. The van der Waals surface area contributed by atoms with Crippen molar-refractivity contribution in [3.05, 3.63) is 119 Å². The lowest BCUT2D eigenvalue weighted by Crippen LogP contribution is -2.14. The average Bonchev–Trinajstić information content (AvgIpc) is 3.02. The second-order valence-corrected chi connectivity index (χ2v) is 11.1. The number of oxime groups is 1. The number of nitrogens with two attached hydrogens (primary N) is 2. The zero-order valence-electron chi connectivity index (χ0n) is 24.0. The van der Waals surface area contributed by atoms with Gasteiger partial charge in [0.1, 0.15) is 0 Å². The van der Waals surface area contributed by atoms with Crippen molar-refractivity contribution in [1.29, 1.82) is 0 Å². The third-order valence-corrected chi connectivity index (χ3v) is 7.69. The number of carbonyl (C=O) groups excluding carboxylic acids is 2. The van der Waals surface area contributed by atoms with E-state index in [0.717, 1.165) is 28.7 Å². The molecule has 0 aliphatic heterocycles. The summed E-state index contributed by atoms with van der Waals surface area (Å²) in [4.78, 5) is 22.9. The molecule has 4 aromatic carbocycles. The number of rotatable bonds is 9. The van der Waals surface area contributed by atoms with Crippen molar-refractivity contribution in [3.63, 3.8) is 0 Å². The topological polar surface area (TPSA) is 174 Å². The summed E-state index contributed by atoms with van der Waals surface area (Å²) in [7, 11) is -2.39. The Morgan fingerprint density at radius 2 is 1.70 bits per heavy atom. The summed E-state index contributed by atoms with van der Waals surface area (Å²) in [6, 6.07) is 26.8. The van der Waals surface area contributed by atoms with Crippen LogP contribution in [0.5, 0.6) is 0 Å². The molecule has 1 unspecified atom stereocenters. The van der Waals surface area contributed by atoms with Gasteiger partial charge in [-0.25, -0.2) is 18.4 Å². The number of nitrogens with one attached hydrogen (secondary N) is 1. The number of esters is 1. The van der Waals surface area contributed by atoms with Crippen LogP contribution in [0.2, 0.25) is 0 Å². The van der Waals surface area contributed by atoms with E-state index in [0.29, 0.717) is 28.8 Å². The fraction of sp³-hybridized carbons (Fsp3) is 0.156.